The zero-order valence-electron chi connectivity index (χ0n) is 21.5. The van der Waals surface area contributed by atoms with E-state index in [1.165, 1.54) is 11.0 Å². The van der Waals surface area contributed by atoms with Gasteiger partial charge in [0, 0.05) is 44.1 Å². The molecule has 0 unspecified atom stereocenters. The lowest BCUT2D eigenvalue weighted by Gasteiger charge is -2.23. The minimum atomic E-state index is -0.311. The van der Waals surface area contributed by atoms with Crippen LogP contribution in [-0.2, 0) is 20.9 Å². The first-order valence-electron chi connectivity index (χ1n) is 12.4. The molecule has 196 valence electrons. The summed E-state index contributed by atoms with van der Waals surface area (Å²) in [5.41, 5.74) is 3.39. The average molecular weight is 507 g/mol. The number of carbonyl (C=O) groups excluding carboxylic acids is 2. The van der Waals surface area contributed by atoms with E-state index in [0.29, 0.717) is 24.1 Å². The fourth-order valence-corrected chi connectivity index (χ4v) is 4.10. The van der Waals surface area contributed by atoms with E-state index in [1.807, 2.05) is 24.4 Å². The Labute approximate surface area is 216 Å². The molecule has 4 rings (SSSR count). The fraction of sp³-hybridized carbons (Fsp3) is 0.423. The lowest BCUT2D eigenvalue weighted by atomic mass is 10.1. The van der Waals surface area contributed by atoms with Crippen molar-refractivity contribution in [3.05, 3.63) is 54.2 Å². The molecule has 0 atom stereocenters. The van der Waals surface area contributed by atoms with Crippen LogP contribution in [0.1, 0.15) is 43.7 Å². The Bertz CT molecular complexity index is 1270. The summed E-state index contributed by atoms with van der Waals surface area (Å²) in [6.07, 6.45) is 4.83. The normalized spacial score (nSPS) is 13.9. The smallest absolute Gasteiger partial charge is 0.246 e. The molecule has 37 heavy (non-hydrogen) atoms. The highest BCUT2D eigenvalue weighted by Crippen LogP contribution is 2.23. The van der Waals surface area contributed by atoms with Crippen LogP contribution in [0.3, 0.4) is 0 Å². The molecule has 1 aliphatic rings. The second-order valence-corrected chi connectivity index (χ2v) is 9.39. The highest BCUT2D eigenvalue weighted by molar-refractivity contribution is 5.96. The molecule has 1 fully saturated rings. The second-order valence-electron chi connectivity index (χ2n) is 9.39. The molecular formula is C26H34N8O3. The van der Waals surface area contributed by atoms with Crippen molar-refractivity contribution in [2.45, 2.75) is 45.2 Å². The summed E-state index contributed by atoms with van der Waals surface area (Å²) in [5, 5.41) is 14.2. The van der Waals surface area contributed by atoms with Crippen molar-refractivity contribution >= 4 is 35.0 Å². The molecule has 3 aromatic rings. The maximum atomic E-state index is 12.3. The van der Waals surface area contributed by atoms with Gasteiger partial charge in [0.2, 0.25) is 23.7 Å². The van der Waals surface area contributed by atoms with Crippen LogP contribution in [0.5, 0.6) is 0 Å². The Morgan fingerprint density at radius 3 is 2.78 bits per heavy atom. The quantitative estimate of drug-likeness (QED) is 0.358. The summed E-state index contributed by atoms with van der Waals surface area (Å²) in [6, 6.07) is 7.76. The van der Waals surface area contributed by atoms with Gasteiger partial charge in [-0.2, -0.15) is 19.6 Å². The van der Waals surface area contributed by atoms with Gasteiger partial charge in [0.1, 0.15) is 0 Å². The van der Waals surface area contributed by atoms with Crippen LogP contribution in [0, 0.1) is 0 Å². The zero-order valence-corrected chi connectivity index (χ0v) is 21.5. The molecule has 3 N–H and O–H groups in total. The first-order valence-corrected chi connectivity index (χ1v) is 12.4. The van der Waals surface area contributed by atoms with Crippen LogP contribution in [-0.4, -0.2) is 69.1 Å². The van der Waals surface area contributed by atoms with E-state index in [4.69, 9.17) is 14.7 Å². The standard InChI is InChI=1S/C26H34N8O3/c1-5-23(36)33(4)16-22(35)29-20-8-6-7-18(13-20)14-27-26-32-25(30-19-9-11-37-12-10-19)31-24-21(17(2)3)15-28-34(24)26/h5-8,13,15,17,19H,1,9-12,14,16H2,2-4H3,(H,29,35)(H2,27,30,31,32). The largest absolute Gasteiger partial charge is 0.381 e. The number of amides is 2. The summed E-state index contributed by atoms with van der Waals surface area (Å²) >= 11 is 0. The molecular weight excluding hydrogens is 472 g/mol. The number of likely N-dealkylation sites (N-methyl/N-ethyl adjacent to an activating group) is 1. The van der Waals surface area contributed by atoms with Crippen molar-refractivity contribution in [2.75, 3.05) is 42.8 Å². The van der Waals surface area contributed by atoms with E-state index >= 15 is 0 Å². The van der Waals surface area contributed by atoms with E-state index in [9.17, 15) is 9.59 Å². The molecule has 0 saturated carbocycles. The Morgan fingerprint density at radius 1 is 1.27 bits per heavy atom. The summed E-state index contributed by atoms with van der Waals surface area (Å²) in [6.45, 7) is 9.51. The lowest BCUT2D eigenvalue weighted by molar-refractivity contribution is -0.129. The zero-order chi connectivity index (χ0) is 26.4. The molecule has 0 aliphatic carbocycles. The Hall–Kier alpha value is -3.99. The third kappa shape index (κ3) is 6.62. The van der Waals surface area contributed by atoms with E-state index in [2.05, 4.69) is 41.5 Å². The molecule has 11 heteroatoms. The van der Waals surface area contributed by atoms with Crippen LogP contribution in [0.4, 0.5) is 17.6 Å². The van der Waals surface area contributed by atoms with Gasteiger partial charge in [0.15, 0.2) is 5.65 Å². The number of rotatable bonds is 10. The Morgan fingerprint density at radius 2 is 2.05 bits per heavy atom. The van der Waals surface area contributed by atoms with Gasteiger partial charge in [-0.3, -0.25) is 9.59 Å². The van der Waals surface area contributed by atoms with Crippen molar-refractivity contribution in [3.8, 4) is 0 Å². The molecule has 3 heterocycles. The van der Waals surface area contributed by atoms with Gasteiger partial charge in [0.25, 0.3) is 0 Å². The predicted octanol–water partition coefficient (Wildman–Crippen LogP) is 3.03. The van der Waals surface area contributed by atoms with Crippen molar-refractivity contribution in [3.63, 3.8) is 0 Å². The number of ether oxygens (including phenoxy) is 1. The number of nitrogens with zero attached hydrogens (tertiary/aromatic N) is 5. The second kappa shape index (κ2) is 11.8. The minimum Gasteiger partial charge on any atom is -0.381 e. The Kier molecular flexibility index (Phi) is 8.34. The number of aromatic nitrogens is 4. The molecule has 0 spiro atoms. The van der Waals surface area contributed by atoms with Gasteiger partial charge < -0.3 is 25.6 Å². The van der Waals surface area contributed by atoms with E-state index < -0.39 is 0 Å². The van der Waals surface area contributed by atoms with E-state index in [1.54, 1.807) is 17.6 Å². The first-order chi connectivity index (χ1) is 17.8. The maximum absolute atomic E-state index is 12.3. The van der Waals surface area contributed by atoms with Gasteiger partial charge in [-0.1, -0.05) is 32.6 Å². The molecule has 1 saturated heterocycles. The van der Waals surface area contributed by atoms with Gasteiger partial charge in [-0.05, 0) is 42.5 Å². The molecule has 2 amide bonds. The average Bonchev–Trinajstić information content (AvgIpc) is 3.32. The Balaban J connectivity index is 1.49. The number of fused-ring (bicyclic) bond motifs is 1. The first kappa shape index (κ1) is 26.1. The maximum Gasteiger partial charge on any atom is 0.246 e. The van der Waals surface area contributed by atoms with Crippen molar-refractivity contribution < 1.29 is 14.3 Å². The van der Waals surface area contributed by atoms with E-state index in [-0.39, 0.29) is 30.3 Å². The third-order valence-corrected chi connectivity index (χ3v) is 6.16. The number of hydrogen-bond acceptors (Lipinski definition) is 8. The minimum absolute atomic E-state index is 0.0629. The van der Waals surface area contributed by atoms with Crippen LogP contribution < -0.4 is 16.0 Å². The summed E-state index contributed by atoms with van der Waals surface area (Å²) in [7, 11) is 1.55. The predicted molar refractivity (Wildman–Crippen MR) is 143 cm³/mol. The van der Waals surface area contributed by atoms with Gasteiger partial charge >= 0.3 is 0 Å². The SMILES string of the molecule is C=CC(=O)N(C)CC(=O)Nc1cccc(CNc2nc(NC3CCOCC3)nc3c(C(C)C)cnn23)c1. The highest BCUT2D eigenvalue weighted by atomic mass is 16.5. The topological polar surface area (TPSA) is 126 Å². The monoisotopic (exact) mass is 506 g/mol. The molecule has 1 aliphatic heterocycles. The third-order valence-electron chi connectivity index (χ3n) is 6.16. The molecule has 0 bridgehead atoms. The lowest BCUT2D eigenvalue weighted by Crippen LogP contribution is -2.33. The van der Waals surface area contributed by atoms with Gasteiger partial charge in [-0.25, -0.2) is 0 Å². The number of carbonyl (C=O) groups is 2. The highest BCUT2D eigenvalue weighted by Gasteiger charge is 2.19. The van der Waals surface area contributed by atoms with Gasteiger partial charge in [0.05, 0.1) is 12.7 Å². The fourth-order valence-electron chi connectivity index (χ4n) is 4.10. The number of hydrogen-bond donors (Lipinski definition) is 3. The molecule has 1 aromatic carbocycles. The number of anilines is 3. The molecule has 0 radical (unpaired) electrons. The molecule has 11 nitrogen and oxygen atoms in total. The van der Waals surface area contributed by atoms with Crippen LogP contribution >= 0.6 is 0 Å². The van der Waals surface area contributed by atoms with Crippen molar-refractivity contribution in [1.82, 2.24) is 24.5 Å². The summed E-state index contributed by atoms with van der Waals surface area (Å²) in [4.78, 5) is 34.8. The molecule has 2 aromatic heterocycles. The van der Waals surface area contributed by atoms with Crippen molar-refractivity contribution in [1.29, 1.82) is 0 Å². The van der Waals surface area contributed by atoms with E-state index in [0.717, 1.165) is 42.8 Å². The van der Waals surface area contributed by atoms with Gasteiger partial charge in [-0.15, -0.1) is 0 Å². The van der Waals surface area contributed by atoms with Crippen LogP contribution in [0.25, 0.3) is 5.65 Å². The van der Waals surface area contributed by atoms with Crippen LogP contribution in [0.2, 0.25) is 0 Å². The number of nitrogens with one attached hydrogen (secondary N) is 3. The summed E-state index contributed by atoms with van der Waals surface area (Å²) < 4.78 is 7.20. The number of benzene rings is 1. The van der Waals surface area contributed by atoms with Crippen LogP contribution in [0.15, 0.2) is 43.1 Å². The summed E-state index contributed by atoms with van der Waals surface area (Å²) in [5.74, 6) is 0.794. The van der Waals surface area contributed by atoms with Crippen molar-refractivity contribution in [2.24, 2.45) is 0 Å².